The van der Waals surface area contributed by atoms with Gasteiger partial charge in [0.1, 0.15) is 0 Å². The Hall–Kier alpha value is -1.84. The SMILES string of the molecule is O=C(O)[C@H]1CCN(C(=O)C[C@H]2CCc3ccccc3C2)C1. The zero-order chi connectivity index (χ0) is 14.8. The number of aryl methyl sites for hydroxylation is 1. The van der Waals surface area contributed by atoms with E-state index in [0.29, 0.717) is 31.8 Å². The maximum absolute atomic E-state index is 12.3. The van der Waals surface area contributed by atoms with Crippen LogP contribution in [0.15, 0.2) is 24.3 Å². The molecule has 3 rings (SSSR count). The Bertz CT molecular complexity index is 555. The lowest BCUT2D eigenvalue weighted by molar-refractivity contribution is -0.141. The van der Waals surface area contributed by atoms with Crippen LogP contribution in [-0.4, -0.2) is 35.0 Å². The number of carboxylic acid groups (broad SMARTS) is 1. The van der Waals surface area contributed by atoms with Crippen molar-refractivity contribution in [2.24, 2.45) is 11.8 Å². The maximum Gasteiger partial charge on any atom is 0.308 e. The minimum Gasteiger partial charge on any atom is -0.481 e. The molecule has 0 spiro atoms. The van der Waals surface area contributed by atoms with Crippen LogP contribution in [0.4, 0.5) is 0 Å². The molecule has 2 atom stereocenters. The molecule has 4 heteroatoms. The standard InChI is InChI=1S/C17H21NO3/c19-16(18-8-7-15(11-18)17(20)21)10-12-5-6-13-3-1-2-4-14(13)9-12/h1-4,12,15H,5-11H2,(H,20,21)/t12-,15-/m0/s1. The molecular weight excluding hydrogens is 266 g/mol. The molecule has 1 aromatic rings. The molecule has 0 radical (unpaired) electrons. The zero-order valence-corrected chi connectivity index (χ0v) is 12.1. The second-order valence-electron chi connectivity index (χ2n) is 6.25. The molecule has 1 fully saturated rings. The molecule has 1 saturated heterocycles. The maximum atomic E-state index is 12.3. The van der Waals surface area contributed by atoms with E-state index in [1.807, 2.05) is 0 Å². The van der Waals surface area contributed by atoms with Crippen molar-refractivity contribution in [2.45, 2.75) is 32.1 Å². The Morgan fingerprint density at radius 3 is 2.67 bits per heavy atom. The fourth-order valence-corrected chi connectivity index (χ4v) is 3.51. The van der Waals surface area contributed by atoms with Gasteiger partial charge in [-0.3, -0.25) is 9.59 Å². The normalized spacial score (nSPS) is 24.7. The second-order valence-corrected chi connectivity index (χ2v) is 6.25. The van der Waals surface area contributed by atoms with Gasteiger partial charge < -0.3 is 10.0 Å². The average molecular weight is 287 g/mol. The van der Waals surface area contributed by atoms with Crippen LogP contribution >= 0.6 is 0 Å². The van der Waals surface area contributed by atoms with Crippen molar-refractivity contribution in [3.05, 3.63) is 35.4 Å². The second kappa shape index (κ2) is 5.88. The van der Waals surface area contributed by atoms with Gasteiger partial charge in [0.05, 0.1) is 5.92 Å². The van der Waals surface area contributed by atoms with Gasteiger partial charge in [-0.05, 0) is 42.7 Å². The first kappa shape index (κ1) is 14.1. The van der Waals surface area contributed by atoms with Gasteiger partial charge in [0, 0.05) is 19.5 Å². The first-order valence-corrected chi connectivity index (χ1v) is 7.71. The van der Waals surface area contributed by atoms with Gasteiger partial charge in [-0.15, -0.1) is 0 Å². The largest absolute Gasteiger partial charge is 0.481 e. The fourth-order valence-electron chi connectivity index (χ4n) is 3.51. The Morgan fingerprint density at radius 2 is 1.95 bits per heavy atom. The number of carbonyl (C=O) groups excluding carboxylic acids is 1. The summed E-state index contributed by atoms with van der Waals surface area (Å²) in [7, 11) is 0. The lowest BCUT2D eigenvalue weighted by Crippen LogP contribution is -2.32. The summed E-state index contributed by atoms with van der Waals surface area (Å²) in [5.41, 5.74) is 2.78. The number of carbonyl (C=O) groups is 2. The topological polar surface area (TPSA) is 57.6 Å². The summed E-state index contributed by atoms with van der Waals surface area (Å²) in [6.45, 7) is 0.983. The minimum atomic E-state index is -0.781. The van der Waals surface area contributed by atoms with Gasteiger partial charge in [0.2, 0.25) is 5.91 Å². The summed E-state index contributed by atoms with van der Waals surface area (Å²) in [6.07, 6.45) is 4.22. The molecule has 2 aliphatic rings. The monoisotopic (exact) mass is 287 g/mol. The van der Waals surface area contributed by atoms with E-state index in [0.717, 1.165) is 19.3 Å². The Balaban J connectivity index is 1.56. The number of benzene rings is 1. The van der Waals surface area contributed by atoms with Crippen LogP contribution < -0.4 is 0 Å². The number of likely N-dealkylation sites (tertiary alicyclic amines) is 1. The molecule has 1 heterocycles. The van der Waals surface area contributed by atoms with E-state index in [-0.39, 0.29) is 11.8 Å². The third-order valence-corrected chi connectivity index (χ3v) is 4.80. The Kier molecular flexibility index (Phi) is 3.95. The van der Waals surface area contributed by atoms with Crippen LogP contribution in [0.1, 0.15) is 30.4 Å². The lowest BCUT2D eigenvalue weighted by atomic mass is 9.82. The van der Waals surface area contributed by atoms with Gasteiger partial charge in [-0.1, -0.05) is 24.3 Å². The molecular formula is C17H21NO3. The molecule has 112 valence electrons. The number of aliphatic carboxylic acids is 1. The van der Waals surface area contributed by atoms with Gasteiger partial charge >= 0.3 is 5.97 Å². The molecule has 1 aliphatic carbocycles. The molecule has 0 saturated carbocycles. The van der Waals surface area contributed by atoms with E-state index in [2.05, 4.69) is 24.3 Å². The number of carboxylic acids is 1. The molecule has 0 aromatic heterocycles. The quantitative estimate of drug-likeness (QED) is 0.926. The van der Waals surface area contributed by atoms with E-state index < -0.39 is 5.97 Å². The molecule has 1 aromatic carbocycles. The van der Waals surface area contributed by atoms with Crippen LogP contribution in [0.25, 0.3) is 0 Å². The van der Waals surface area contributed by atoms with Crippen LogP contribution in [0.3, 0.4) is 0 Å². The van der Waals surface area contributed by atoms with E-state index in [9.17, 15) is 9.59 Å². The van der Waals surface area contributed by atoms with Crippen molar-refractivity contribution in [1.82, 2.24) is 4.90 Å². The Labute approximate surface area is 124 Å². The van der Waals surface area contributed by atoms with Crippen molar-refractivity contribution < 1.29 is 14.7 Å². The summed E-state index contributed by atoms with van der Waals surface area (Å²) >= 11 is 0. The third-order valence-electron chi connectivity index (χ3n) is 4.80. The summed E-state index contributed by atoms with van der Waals surface area (Å²) in [4.78, 5) is 25.0. The van der Waals surface area contributed by atoms with Crippen molar-refractivity contribution in [1.29, 1.82) is 0 Å². The highest BCUT2D eigenvalue weighted by atomic mass is 16.4. The summed E-state index contributed by atoms with van der Waals surface area (Å²) in [5.74, 6) is -0.627. The smallest absolute Gasteiger partial charge is 0.308 e. The van der Waals surface area contributed by atoms with Gasteiger partial charge in [0.15, 0.2) is 0 Å². The van der Waals surface area contributed by atoms with Gasteiger partial charge in [-0.25, -0.2) is 0 Å². The number of hydrogen-bond acceptors (Lipinski definition) is 2. The van der Waals surface area contributed by atoms with Crippen LogP contribution in [0.2, 0.25) is 0 Å². The highest BCUT2D eigenvalue weighted by molar-refractivity contribution is 5.79. The number of amides is 1. The molecule has 1 N–H and O–H groups in total. The average Bonchev–Trinajstić information content (AvgIpc) is 2.97. The molecule has 1 aliphatic heterocycles. The first-order valence-electron chi connectivity index (χ1n) is 7.71. The van der Waals surface area contributed by atoms with Crippen LogP contribution in [-0.2, 0) is 22.4 Å². The zero-order valence-electron chi connectivity index (χ0n) is 12.1. The highest BCUT2D eigenvalue weighted by Gasteiger charge is 2.32. The fraction of sp³-hybridized carbons (Fsp3) is 0.529. The summed E-state index contributed by atoms with van der Waals surface area (Å²) < 4.78 is 0. The number of nitrogens with zero attached hydrogens (tertiary/aromatic N) is 1. The molecule has 0 unspecified atom stereocenters. The first-order chi connectivity index (χ1) is 10.1. The van der Waals surface area contributed by atoms with Crippen molar-refractivity contribution in [3.8, 4) is 0 Å². The molecule has 4 nitrogen and oxygen atoms in total. The Morgan fingerprint density at radius 1 is 1.19 bits per heavy atom. The molecule has 0 bridgehead atoms. The van der Waals surface area contributed by atoms with E-state index >= 15 is 0 Å². The minimum absolute atomic E-state index is 0.128. The van der Waals surface area contributed by atoms with E-state index in [1.54, 1.807) is 4.90 Å². The molecule has 1 amide bonds. The summed E-state index contributed by atoms with van der Waals surface area (Å²) in [6, 6.07) is 8.45. The number of hydrogen-bond donors (Lipinski definition) is 1. The predicted molar refractivity (Wildman–Crippen MR) is 78.9 cm³/mol. The van der Waals surface area contributed by atoms with E-state index in [1.165, 1.54) is 11.1 Å². The van der Waals surface area contributed by atoms with Crippen molar-refractivity contribution >= 4 is 11.9 Å². The lowest BCUT2D eigenvalue weighted by Gasteiger charge is -2.26. The van der Waals surface area contributed by atoms with Crippen molar-refractivity contribution in [3.63, 3.8) is 0 Å². The predicted octanol–water partition coefficient (Wildman–Crippen LogP) is 2.11. The van der Waals surface area contributed by atoms with Crippen LogP contribution in [0.5, 0.6) is 0 Å². The number of rotatable bonds is 3. The third kappa shape index (κ3) is 3.09. The highest BCUT2D eigenvalue weighted by Crippen LogP contribution is 2.28. The molecule has 21 heavy (non-hydrogen) atoms. The number of fused-ring (bicyclic) bond motifs is 1. The van der Waals surface area contributed by atoms with Gasteiger partial charge in [-0.2, -0.15) is 0 Å². The van der Waals surface area contributed by atoms with Gasteiger partial charge in [0.25, 0.3) is 0 Å². The van der Waals surface area contributed by atoms with Crippen LogP contribution in [0, 0.1) is 11.8 Å². The van der Waals surface area contributed by atoms with E-state index in [4.69, 9.17) is 5.11 Å². The van der Waals surface area contributed by atoms with Crippen molar-refractivity contribution in [2.75, 3.05) is 13.1 Å². The summed E-state index contributed by atoms with van der Waals surface area (Å²) in [5, 5.41) is 9.01.